The molecule has 92 heavy (non-hydrogen) atoms. The first kappa shape index (κ1) is 66.9. The van der Waals surface area contributed by atoms with Gasteiger partial charge in [0.05, 0.1) is 71.7 Å². The molecule has 0 aliphatic carbocycles. The van der Waals surface area contributed by atoms with Crippen molar-refractivity contribution in [1.82, 2.24) is 0 Å². The van der Waals surface area contributed by atoms with Crippen LogP contribution in [0.15, 0.2) is 243 Å². The van der Waals surface area contributed by atoms with Crippen LogP contribution in [0.5, 0.6) is 0 Å². The van der Waals surface area contributed by atoms with Crippen molar-refractivity contribution in [3.63, 3.8) is 0 Å². The molecule has 0 saturated carbocycles. The summed E-state index contributed by atoms with van der Waals surface area (Å²) in [7, 11) is 0. The van der Waals surface area contributed by atoms with Crippen molar-refractivity contribution in [2.24, 2.45) is 0 Å². The Morgan fingerprint density at radius 3 is 1.01 bits per heavy atom. The molecule has 3 fully saturated rings. The molecule has 0 spiro atoms. The minimum absolute atomic E-state index is 0.0430. The van der Waals surface area contributed by atoms with Crippen molar-refractivity contribution in [2.45, 2.75) is 159 Å². The summed E-state index contributed by atoms with van der Waals surface area (Å²) in [6, 6.07) is 80.0. The fourth-order valence-corrected chi connectivity index (χ4v) is 11.9. The SMILES string of the molecule is CSC(=S)O[C@@H]1[C@H](OCc2ccccc2)[C@@H](O[C@@H]2[C@H](OCc3ccccc3)[C@@H](O[C@@H]3[C@@H](OCc4ccccc4)[C@@H](OCc4ccccc4)[C@H](OCc4ccccc4)O[C@H]3C)O[C@H](COCc3ccccc3)[C@H]2OCc2ccccc2)O[C@H](C)[C@H]1OCc1ccccc1. The molecule has 8 aromatic rings. The fraction of sp³-hybridized carbons (Fsp3) is 0.355. The van der Waals surface area contributed by atoms with Crippen molar-refractivity contribution in [3.8, 4) is 0 Å². The van der Waals surface area contributed by atoms with Crippen LogP contribution < -0.4 is 0 Å². The monoisotopic (exact) mass is 1280 g/mol. The maximum absolute atomic E-state index is 7.73. The summed E-state index contributed by atoms with van der Waals surface area (Å²) in [5.41, 5.74) is 7.59. The Balaban J connectivity index is 1.01. The van der Waals surface area contributed by atoms with Gasteiger partial charge in [-0.2, -0.15) is 0 Å². The van der Waals surface area contributed by atoms with Gasteiger partial charge in [0.1, 0.15) is 54.9 Å². The van der Waals surface area contributed by atoms with Gasteiger partial charge in [-0.05, 0) is 76.8 Å². The molecule has 3 aliphatic rings. The maximum Gasteiger partial charge on any atom is 0.220 e. The molecule has 16 heteroatoms. The van der Waals surface area contributed by atoms with Gasteiger partial charge >= 0.3 is 0 Å². The first-order valence-electron chi connectivity index (χ1n) is 31.5. The highest BCUT2D eigenvalue weighted by Gasteiger charge is 2.57. The standard InChI is InChI=1S/C76H82O14S2/c1-53-64(78-45-56-30-14-5-15-31-56)68(90-76(91)92-3)71(82-49-60-38-22-9-23-39-60)74(86-53)89-69-66(79-46-57-32-16-6-17-33-57)63(52-77-44-55-28-12-4-13-29-55)87-75(72(69)83-50-61-40-24-10-25-41-61)88-65-54(2)85-73(84-51-62-42-26-11-27-43-62)70(81-48-59-36-20-8-21-37-59)67(65)80-47-58-34-18-7-19-35-58/h4-43,53-54,63-75H,44-52H2,1-3H3/t53-,54+,63-,64-,65+,66-,67-,68+,69+,70-,71+,72+,73-,74-,75-/m1/s1. The van der Waals surface area contributed by atoms with E-state index in [9.17, 15) is 0 Å². The molecule has 11 rings (SSSR count). The zero-order valence-corrected chi connectivity index (χ0v) is 53.8. The normalized spacial score (nSPS) is 26.4. The lowest BCUT2D eigenvalue weighted by atomic mass is 9.95. The molecule has 14 nitrogen and oxygen atoms in total. The molecule has 15 atom stereocenters. The predicted molar refractivity (Wildman–Crippen MR) is 356 cm³/mol. The van der Waals surface area contributed by atoms with Crippen LogP contribution in [0, 0.1) is 0 Å². The molecule has 482 valence electrons. The first-order valence-corrected chi connectivity index (χ1v) is 33.2. The van der Waals surface area contributed by atoms with Gasteiger partial charge in [-0.3, -0.25) is 0 Å². The number of benzene rings is 8. The summed E-state index contributed by atoms with van der Waals surface area (Å²) in [6.45, 7) is 5.67. The third-order valence-electron chi connectivity index (χ3n) is 16.4. The minimum Gasteiger partial charge on any atom is -0.469 e. The number of rotatable bonds is 30. The van der Waals surface area contributed by atoms with E-state index in [1.165, 1.54) is 11.8 Å². The number of thiocarbonyl (C=S) groups is 1. The van der Waals surface area contributed by atoms with Crippen molar-refractivity contribution in [3.05, 3.63) is 287 Å². The Morgan fingerprint density at radius 2 is 0.609 bits per heavy atom. The lowest BCUT2D eigenvalue weighted by Gasteiger charge is -2.51. The highest BCUT2D eigenvalue weighted by atomic mass is 32.2. The number of hydrogen-bond donors (Lipinski definition) is 0. The van der Waals surface area contributed by atoms with E-state index in [2.05, 4.69) is 0 Å². The second-order valence-corrected chi connectivity index (χ2v) is 24.5. The molecule has 3 heterocycles. The van der Waals surface area contributed by atoms with E-state index in [1.807, 2.05) is 263 Å². The minimum atomic E-state index is -1.23. The van der Waals surface area contributed by atoms with Gasteiger partial charge in [-0.1, -0.05) is 254 Å². The Morgan fingerprint density at radius 1 is 0.315 bits per heavy atom. The molecule has 0 amide bonds. The van der Waals surface area contributed by atoms with Crippen molar-refractivity contribution in [2.75, 3.05) is 12.9 Å². The van der Waals surface area contributed by atoms with Gasteiger partial charge < -0.3 is 66.3 Å². The summed E-state index contributed by atoms with van der Waals surface area (Å²) >= 11 is 7.22. The number of ether oxygens (including phenoxy) is 14. The maximum atomic E-state index is 7.73. The molecular formula is C76H82O14S2. The Kier molecular flexibility index (Phi) is 25.5. The van der Waals surface area contributed by atoms with Crippen LogP contribution in [0.1, 0.15) is 58.4 Å². The first-order chi connectivity index (χ1) is 45.3. The van der Waals surface area contributed by atoms with E-state index < -0.39 is 92.1 Å². The molecule has 3 aliphatic heterocycles. The van der Waals surface area contributed by atoms with Gasteiger partial charge in [0.2, 0.25) is 4.38 Å². The van der Waals surface area contributed by atoms with E-state index >= 15 is 0 Å². The molecular weight excluding hydrogens is 1200 g/mol. The van der Waals surface area contributed by atoms with Crippen LogP contribution >= 0.6 is 24.0 Å². The Hall–Kier alpha value is -6.52. The van der Waals surface area contributed by atoms with Gasteiger partial charge in [0.25, 0.3) is 0 Å². The van der Waals surface area contributed by atoms with E-state index in [0.29, 0.717) is 4.38 Å². The van der Waals surface area contributed by atoms with Gasteiger partial charge in [-0.15, -0.1) is 0 Å². The van der Waals surface area contributed by atoms with Crippen molar-refractivity contribution >= 4 is 28.4 Å². The second-order valence-electron chi connectivity index (χ2n) is 23.1. The molecule has 3 saturated heterocycles. The molecule has 0 unspecified atom stereocenters. The predicted octanol–water partition coefficient (Wildman–Crippen LogP) is 14.0. The van der Waals surface area contributed by atoms with Crippen LogP contribution in [0.4, 0.5) is 0 Å². The molecule has 0 radical (unpaired) electrons. The summed E-state index contributed by atoms with van der Waals surface area (Å²) in [5.74, 6) is 0. The number of hydrogen-bond acceptors (Lipinski definition) is 16. The topological polar surface area (TPSA) is 129 Å². The molecule has 8 aromatic carbocycles. The smallest absolute Gasteiger partial charge is 0.220 e. The van der Waals surface area contributed by atoms with Crippen molar-refractivity contribution in [1.29, 1.82) is 0 Å². The molecule has 0 aromatic heterocycles. The van der Waals surface area contributed by atoms with E-state index in [4.69, 9.17) is 78.5 Å². The summed E-state index contributed by atoms with van der Waals surface area (Å²) < 4.78 is 100. The lowest BCUT2D eigenvalue weighted by Crippen LogP contribution is -2.67. The summed E-state index contributed by atoms with van der Waals surface area (Å²) in [4.78, 5) is 0. The molecule has 0 bridgehead atoms. The lowest BCUT2D eigenvalue weighted by molar-refractivity contribution is -0.392. The van der Waals surface area contributed by atoms with E-state index in [0.717, 1.165) is 44.5 Å². The second kappa shape index (κ2) is 35.1. The quantitative estimate of drug-likeness (QED) is 0.0396. The van der Waals surface area contributed by atoms with Crippen LogP contribution in [0.2, 0.25) is 0 Å². The van der Waals surface area contributed by atoms with Gasteiger partial charge in [0.15, 0.2) is 25.0 Å². The van der Waals surface area contributed by atoms with E-state index in [1.54, 1.807) is 0 Å². The van der Waals surface area contributed by atoms with Crippen molar-refractivity contribution < 1.29 is 66.3 Å². The van der Waals surface area contributed by atoms with Crippen LogP contribution in [0.3, 0.4) is 0 Å². The third kappa shape index (κ3) is 19.1. The third-order valence-corrected chi connectivity index (χ3v) is 17.4. The van der Waals surface area contributed by atoms with Crippen LogP contribution in [-0.4, -0.2) is 109 Å². The fourth-order valence-electron chi connectivity index (χ4n) is 11.6. The Labute approximate surface area is 550 Å². The highest BCUT2D eigenvalue weighted by Crippen LogP contribution is 2.40. The summed E-state index contributed by atoms with van der Waals surface area (Å²) in [6.07, 6.45) is -11.7. The van der Waals surface area contributed by atoms with Crippen LogP contribution in [0.25, 0.3) is 0 Å². The summed E-state index contributed by atoms with van der Waals surface area (Å²) in [5, 5.41) is 0. The Bertz CT molecular complexity index is 3350. The largest absolute Gasteiger partial charge is 0.469 e. The zero-order valence-electron chi connectivity index (χ0n) is 52.2. The molecule has 0 N–H and O–H groups in total. The van der Waals surface area contributed by atoms with E-state index in [-0.39, 0.29) is 59.5 Å². The van der Waals surface area contributed by atoms with Crippen LogP contribution in [-0.2, 0) is 119 Å². The van der Waals surface area contributed by atoms with Gasteiger partial charge in [0, 0.05) is 0 Å². The highest BCUT2D eigenvalue weighted by molar-refractivity contribution is 8.22. The number of thioether (sulfide) groups is 1. The average Bonchev–Trinajstić information content (AvgIpc) is 0.799. The van der Waals surface area contributed by atoms with Gasteiger partial charge in [-0.25, -0.2) is 0 Å². The zero-order chi connectivity index (χ0) is 63.1. The average molecular weight is 1280 g/mol.